The maximum Gasteiger partial charge on any atom is 0.0695 e. The second-order valence-corrected chi connectivity index (χ2v) is 7.11. The molecule has 0 bridgehead atoms. The Morgan fingerprint density at radius 2 is 2.00 bits per heavy atom. The zero-order valence-corrected chi connectivity index (χ0v) is 13.4. The molecule has 1 aromatic carbocycles. The summed E-state index contributed by atoms with van der Waals surface area (Å²) in [4.78, 5) is 0. The Balaban J connectivity index is 1.63. The van der Waals surface area contributed by atoms with E-state index in [0.717, 1.165) is 18.8 Å². The van der Waals surface area contributed by atoms with Gasteiger partial charge in [-0.3, -0.25) is 5.10 Å². The largest absolute Gasteiger partial charge is 0.311 e. The van der Waals surface area contributed by atoms with Crippen molar-refractivity contribution in [2.24, 2.45) is 0 Å². The molecule has 1 fully saturated rings. The van der Waals surface area contributed by atoms with Crippen LogP contribution in [0.2, 0.25) is 0 Å². The summed E-state index contributed by atoms with van der Waals surface area (Å²) in [6, 6.07) is 10.4. The van der Waals surface area contributed by atoms with Gasteiger partial charge in [0, 0.05) is 23.4 Å². The van der Waals surface area contributed by atoms with Crippen LogP contribution in [0.25, 0.3) is 11.3 Å². The first-order valence-corrected chi connectivity index (χ1v) is 8.89. The number of nitrogens with one attached hydrogen (secondary N) is 2. The number of thioether (sulfide) groups is 1. The van der Waals surface area contributed by atoms with Crippen molar-refractivity contribution in [2.45, 2.75) is 37.0 Å². The van der Waals surface area contributed by atoms with Gasteiger partial charge in [0.25, 0.3) is 0 Å². The molecule has 0 atom stereocenters. The van der Waals surface area contributed by atoms with Crippen LogP contribution in [0.1, 0.15) is 31.2 Å². The minimum absolute atomic E-state index is 0.455. The van der Waals surface area contributed by atoms with Gasteiger partial charge < -0.3 is 5.32 Å². The van der Waals surface area contributed by atoms with Crippen molar-refractivity contribution in [3.8, 4) is 11.3 Å². The third-order valence-corrected chi connectivity index (χ3v) is 5.91. The number of H-pyrrole nitrogens is 1. The molecule has 2 N–H and O–H groups in total. The van der Waals surface area contributed by atoms with E-state index in [1.54, 1.807) is 0 Å². The summed E-state index contributed by atoms with van der Waals surface area (Å²) in [6.45, 7) is 1.97. The van der Waals surface area contributed by atoms with Crippen LogP contribution in [0, 0.1) is 0 Å². The Bertz CT molecular complexity index is 558. The van der Waals surface area contributed by atoms with Crippen molar-refractivity contribution in [2.75, 3.05) is 12.8 Å². The summed E-state index contributed by atoms with van der Waals surface area (Å²) in [5.74, 6) is 0. The van der Waals surface area contributed by atoms with Crippen LogP contribution in [0.4, 0.5) is 0 Å². The van der Waals surface area contributed by atoms with Gasteiger partial charge in [-0.15, -0.1) is 0 Å². The number of benzene rings is 1. The van der Waals surface area contributed by atoms with Crippen molar-refractivity contribution in [3.63, 3.8) is 0 Å². The molecule has 1 aliphatic rings. The number of hydrogen-bond donors (Lipinski definition) is 2. The molecule has 0 saturated heterocycles. The van der Waals surface area contributed by atoms with Gasteiger partial charge >= 0.3 is 0 Å². The normalized spacial score (nSPS) is 17.2. The third kappa shape index (κ3) is 3.33. The average Bonchev–Trinajstić information content (AvgIpc) is 3.18. The Hall–Kier alpha value is -1.26. The molecule has 3 nitrogen and oxygen atoms in total. The van der Waals surface area contributed by atoms with Crippen LogP contribution in [0.5, 0.6) is 0 Å². The molecule has 112 valence electrons. The van der Waals surface area contributed by atoms with E-state index in [2.05, 4.69) is 46.0 Å². The topological polar surface area (TPSA) is 40.7 Å². The third-order valence-electron chi connectivity index (χ3n) is 4.49. The second-order valence-electron chi connectivity index (χ2n) is 5.83. The first kappa shape index (κ1) is 14.7. The molecular formula is C17H23N3S. The molecule has 1 aromatic heterocycles. The highest BCUT2D eigenvalue weighted by atomic mass is 32.2. The van der Waals surface area contributed by atoms with E-state index in [1.165, 1.54) is 36.8 Å². The molecule has 0 radical (unpaired) electrons. The number of hydrogen-bond acceptors (Lipinski definition) is 3. The van der Waals surface area contributed by atoms with Gasteiger partial charge in [-0.2, -0.15) is 16.9 Å². The van der Waals surface area contributed by atoms with Crippen LogP contribution in [-0.2, 0) is 6.54 Å². The van der Waals surface area contributed by atoms with E-state index in [-0.39, 0.29) is 0 Å². The molecular weight excluding hydrogens is 278 g/mol. The zero-order chi connectivity index (χ0) is 14.5. The summed E-state index contributed by atoms with van der Waals surface area (Å²) in [5, 5.41) is 11.0. The van der Waals surface area contributed by atoms with Crippen LogP contribution in [0.15, 0.2) is 36.5 Å². The van der Waals surface area contributed by atoms with E-state index in [1.807, 2.05) is 24.0 Å². The standard InChI is InChI=1S/C17H23N3S/c1-21-17(9-5-6-10-17)13-18-11-15-12-19-20-16(15)14-7-3-2-4-8-14/h2-4,7-8,12,18H,5-6,9-11,13H2,1H3,(H,19,20). The minimum atomic E-state index is 0.455. The lowest BCUT2D eigenvalue weighted by Crippen LogP contribution is -2.34. The van der Waals surface area contributed by atoms with Crippen LogP contribution >= 0.6 is 11.8 Å². The molecule has 0 amide bonds. The number of aromatic nitrogens is 2. The van der Waals surface area contributed by atoms with Crippen molar-refractivity contribution < 1.29 is 0 Å². The quantitative estimate of drug-likeness (QED) is 0.851. The molecule has 0 unspecified atom stereocenters. The summed E-state index contributed by atoms with van der Waals surface area (Å²) in [7, 11) is 0. The van der Waals surface area contributed by atoms with Gasteiger partial charge in [-0.1, -0.05) is 43.2 Å². The van der Waals surface area contributed by atoms with Crippen molar-refractivity contribution in [1.82, 2.24) is 15.5 Å². The maximum absolute atomic E-state index is 4.22. The van der Waals surface area contributed by atoms with Gasteiger partial charge in [0.2, 0.25) is 0 Å². The van der Waals surface area contributed by atoms with Gasteiger partial charge in [0.1, 0.15) is 0 Å². The lowest BCUT2D eigenvalue weighted by Gasteiger charge is -2.27. The molecule has 1 aliphatic carbocycles. The van der Waals surface area contributed by atoms with E-state index in [0.29, 0.717) is 4.75 Å². The predicted molar refractivity (Wildman–Crippen MR) is 90.4 cm³/mol. The lowest BCUT2D eigenvalue weighted by atomic mass is 10.1. The van der Waals surface area contributed by atoms with Crippen molar-refractivity contribution in [1.29, 1.82) is 0 Å². The Morgan fingerprint density at radius 3 is 2.71 bits per heavy atom. The summed E-state index contributed by atoms with van der Waals surface area (Å²) >= 11 is 2.03. The van der Waals surface area contributed by atoms with Gasteiger partial charge in [0.05, 0.1) is 11.9 Å². The molecule has 0 aliphatic heterocycles. The van der Waals surface area contributed by atoms with E-state index < -0.39 is 0 Å². The van der Waals surface area contributed by atoms with Crippen molar-refractivity contribution in [3.05, 3.63) is 42.1 Å². The number of aromatic amines is 1. The Morgan fingerprint density at radius 1 is 1.24 bits per heavy atom. The fourth-order valence-electron chi connectivity index (χ4n) is 3.20. The summed E-state index contributed by atoms with van der Waals surface area (Å²) in [6.07, 6.45) is 9.64. The Labute approximate surface area is 130 Å². The Kier molecular flexibility index (Phi) is 4.66. The van der Waals surface area contributed by atoms with E-state index >= 15 is 0 Å². The molecule has 2 aromatic rings. The highest BCUT2D eigenvalue weighted by Crippen LogP contribution is 2.39. The van der Waals surface area contributed by atoms with Crippen LogP contribution in [-0.4, -0.2) is 27.7 Å². The zero-order valence-electron chi connectivity index (χ0n) is 12.6. The highest BCUT2D eigenvalue weighted by Gasteiger charge is 2.32. The van der Waals surface area contributed by atoms with Crippen LogP contribution in [0.3, 0.4) is 0 Å². The molecule has 3 rings (SSSR count). The number of nitrogens with zero attached hydrogens (tertiary/aromatic N) is 1. The SMILES string of the molecule is CSC1(CNCc2cn[nH]c2-c2ccccc2)CCCC1. The number of rotatable bonds is 6. The van der Waals surface area contributed by atoms with E-state index in [9.17, 15) is 0 Å². The van der Waals surface area contributed by atoms with Crippen molar-refractivity contribution >= 4 is 11.8 Å². The molecule has 0 spiro atoms. The van der Waals surface area contributed by atoms with Crippen LogP contribution < -0.4 is 5.32 Å². The minimum Gasteiger partial charge on any atom is -0.311 e. The van der Waals surface area contributed by atoms with E-state index in [4.69, 9.17) is 0 Å². The predicted octanol–water partition coefficient (Wildman–Crippen LogP) is 3.84. The first-order chi connectivity index (χ1) is 10.3. The molecule has 1 heterocycles. The van der Waals surface area contributed by atoms with Gasteiger partial charge in [-0.05, 0) is 24.7 Å². The average molecular weight is 301 g/mol. The smallest absolute Gasteiger partial charge is 0.0695 e. The first-order valence-electron chi connectivity index (χ1n) is 7.66. The summed E-state index contributed by atoms with van der Waals surface area (Å²) < 4.78 is 0.455. The fourth-order valence-corrected chi connectivity index (χ4v) is 4.14. The van der Waals surface area contributed by atoms with Gasteiger partial charge in [0.15, 0.2) is 0 Å². The second kappa shape index (κ2) is 6.67. The monoisotopic (exact) mass is 301 g/mol. The summed E-state index contributed by atoms with van der Waals surface area (Å²) in [5.41, 5.74) is 3.58. The molecule has 1 saturated carbocycles. The lowest BCUT2D eigenvalue weighted by molar-refractivity contribution is 0.534. The maximum atomic E-state index is 4.22. The fraction of sp³-hybridized carbons (Fsp3) is 0.471. The molecule has 21 heavy (non-hydrogen) atoms. The highest BCUT2D eigenvalue weighted by molar-refractivity contribution is 8.00. The van der Waals surface area contributed by atoms with Gasteiger partial charge in [-0.25, -0.2) is 0 Å². The molecule has 4 heteroatoms.